The number of alkyl halides is 3. The minimum atomic E-state index is -4.37. The van der Waals surface area contributed by atoms with Crippen LogP contribution in [0.15, 0.2) is 18.3 Å². The van der Waals surface area contributed by atoms with Gasteiger partial charge in [-0.15, -0.1) is 0 Å². The summed E-state index contributed by atoms with van der Waals surface area (Å²) < 4.78 is 37.0. The lowest BCUT2D eigenvalue weighted by Crippen LogP contribution is -2.08. The number of nitrogens with two attached hydrogens (primary N) is 1. The van der Waals surface area contributed by atoms with Crippen molar-refractivity contribution in [1.29, 1.82) is 0 Å². The SMILES string of the molecule is CC1(C)[C@@H](CN)[C@@H]1c1ccc(C(F)(F)F)nc1. The quantitative estimate of drug-likeness (QED) is 0.868. The third-order valence-corrected chi connectivity index (χ3v) is 3.74. The summed E-state index contributed by atoms with van der Waals surface area (Å²) >= 11 is 0. The maximum absolute atomic E-state index is 12.3. The number of hydrogen-bond donors (Lipinski definition) is 1. The summed E-state index contributed by atoms with van der Waals surface area (Å²) in [7, 11) is 0. The largest absolute Gasteiger partial charge is 0.433 e. The van der Waals surface area contributed by atoms with Gasteiger partial charge in [0.1, 0.15) is 5.69 Å². The van der Waals surface area contributed by atoms with Crippen LogP contribution in [-0.2, 0) is 6.18 Å². The molecule has 2 nitrogen and oxygen atoms in total. The molecule has 0 saturated heterocycles. The molecular weight excluding hydrogens is 229 g/mol. The van der Waals surface area contributed by atoms with E-state index in [-0.39, 0.29) is 11.3 Å². The van der Waals surface area contributed by atoms with Crippen molar-refractivity contribution in [3.63, 3.8) is 0 Å². The van der Waals surface area contributed by atoms with Gasteiger partial charge in [-0.05, 0) is 35.4 Å². The van der Waals surface area contributed by atoms with Gasteiger partial charge in [-0.25, -0.2) is 0 Å². The first kappa shape index (κ1) is 12.4. The predicted octanol–water partition coefficient (Wildman–Crippen LogP) is 2.80. The Morgan fingerprint density at radius 1 is 1.35 bits per heavy atom. The van der Waals surface area contributed by atoms with E-state index in [0.717, 1.165) is 11.6 Å². The fourth-order valence-corrected chi connectivity index (χ4v) is 2.60. The Morgan fingerprint density at radius 3 is 2.35 bits per heavy atom. The first-order chi connectivity index (χ1) is 7.78. The number of nitrogens with zero attached hydrogens (tertiary/aromatic N) is 1. The molecule has 2 rings (SSSR count). The molecule has 94 valence electrons. The maximum Gasteiger partial charge on any atom is 0.433 e. The Hall–Kier alpha value is -1.10. The van der Waals surface area contributed by atoms with Crippen molar-refractivity contribution in [1.82, 2.24) is 4.98 Å². The van der Waals surface area contributed by atoms with Crippen molar-refractivity contribution in [2.24, 2.45) is 17.1 Å². The molecule has 0 aromatic carbocycles. The molecule has 0 bridgehead atoms. The predicted molar refractivity (Wildman–Crippen MR) is 58.3 cm³/mol. The Balaban J connectivity index is 2.21. The lowest BCUT2D eigenvalue weighted by molar-refractivity contribution is -0.141. The van der Waals surface area contributed by atoms with Crippen molar-refractivity contribution >= 4 is 0 Å². The molecule has 5 heteroatoms. The van der Waals surface area contributed by atoms with E-state index in [2.05, 4.69) is 18.8 Å². The van der Waals surface area contributed by atoms with Gasteiger partial charge in [-0.1, -0.05) is 19.9 Å². The standard InChI is InChI=1S/C12H15F3N2/c1-11(2)8(5-16)10(11)7-3-4-9(17-6-7)12(13,14)15/h3-4,6,8,10H,5,16H2,1-2H3/t8-,10-/m0/s1. The zero-order valence-electron chi connectivity index (χ0n) is 9.75. The lowest BCUT2D eigenvalue weighted by Gasteiger charge is -2.07. The molecule has 1 fully saturated rings. The average Bonchev–Trinajstić information content (AvgIpc) is 2.79. The summed E-state index contributed by atoms with van der Waals surface area (Å²) in [6, 6.07) is 2.55. The number of hydrogen-bond acceptors (Lipinski definition) is 2. The Morgan fingerprint density at radius 2 is 2.00 bits per heavy atom. The highest BCUT2D eigenvalue weighted by atomic mass is 19.4. The average molecular weight is 244 g/mol. The molecule has 17 heavy (non-hydrogen) atoms. The minimum absolute atomic E-state index is 0.0657. The van der Waals surface area contributed by atoms with E-state index < -0.39 is 11.9 Å². The molecule has 2 atom stereocenters. The Kier molecular flexibility index (Phi) is 2.69. The van der Waals surface area contributed by atoms with Crippen LogP contribution in [-0.4, -0.2) is 11.5 Å². The second-order valence-electron chi connectivity index (χ2n) is 5.12. The number of rotatable bonds is 2. The summed E-state index contributed by atoms with van der Waals surface area (Å²) in [4.78, 5) is 3.48. The zero-order valence-corrected chi connectivity index (χ0v) is 9.75. The van der Waals surface area contributed by atoms with Crippen LogP contribution < -0.4 is 5.73 Å². The molecule has 0 unspecified atom stereocenters. The van der Waals surface area contributed by atoms with Crippen LogP contribution >= 0.6 is 0 Å². The second kappa shape index (κ2) is 3.70. The monoisotopic (exact) mass is 244 g/mol. The third kappa shape index (κ3) is 2.04. The summed E-state index contributed by atoms with van der Waals surface area (Å²) in [6.45, 7) is 4.71. The van der Waals surface area contributed by atoms with E-state index in [9.17, 15) is 13.2 Å². The van der Waals surface area contributed by atoms with Crippen molar-refractivity contribution in [2.45, 2.75) is 25.9 Å². The van der Waals surface area contributed by atoms with Gasteiger partial charge in [0.2, 0.25) is 0 Å². The van der Waals surface area contributed by atoms with Gasteiger partial charge in [0.25, 0.3) is 0 Å². The molecule has 0 radical (unpaired) electrons. The Bertz CT molecular complexity index is 409. The summed E-state index contributed by atoms with van der Waals surface area (Å²) in [5.74, 6) is 0.559. The van der Waals surface area contributed by atoms with Gasteiger partial charge in [-0.3, -0.25) is 4.98 Å². The van der Waals surface area contributed by atoms with Gasteiger partial charge in [-0.2, -0.15) is 13.2 Å². The van der Waals surface area contributed by atoms with Crippen LogP contribution in [0.3, 0.4) is 0 Å². The van der Waals surface area contributed by atoms with Crippen molar-refractivity contribution < 1.29 is 13.2 Å². The summed E-state index contributed by atoms with van der Waals surface area (Å²) in [5.41, 5.74) is 5.70. The van der Waals surface area contributed by atoms with Gasteiger partial charge in [0.05, 0.1) is 0 Å². The van der Waals surface area contributed by atoms with Crippen LogP contribution in [0.4, 0.5) is 13.2 Å². The van der Waals surface area contributed by atoms with E-state index in [1.54, 1.807) is 0 Å². The molecule has 1 aliphatic carbocycles. The second-order valence-corrected chi connectivity index (χ2v) is 5.12. The third-order valence-electron chi connectivity index (χ3n) is 3.74. The highest BCUT2D eigenvalue weighted by molar-refractivity contribution is 5.31. The van der Waals surface area contributed by atoms with Crippen LogP contribution in [0.5, 0.6) is 0 Å². The maximum atomic E-state index is 12.3. The molecular formula is C12H15F3N2. The smallest absolute Gasteiger partial charge is 0.330 e. The molecule has 0 spiro atoms. The van der Waals surface area contributed by atoms with Crippen LogP contribution in [0, 0.1) is 11.3 Å². The van der Waals surface area contributed by atoms with Crippen molar-refractivity contribution in [2.75, 3.05) is 6.54 Å². The van der Waals surface area contributed by atoms with Gasteiger partial charge in [0, 0.05) is 6.20 Å². The van der Waals surface area contributed by atoms with E-state index in [1.807, 2.05) is 0 Å². The van der Waals surface area contributed by atoms with E-state index in [4.69, 9.17) is 5.73 Å². The van der Waals surface area contributed by atoms with Crippen LogP contribution in [0.2, 0.25) is 0 Å². The summed E-state index contributed by atoms with van der Waals surface area (Å²) in [5, 5.41) is 0. The molecule has 1 saturated carbocycles. The van der Waals surface area contributed by atoms with Crippen LogP contribution in [0.1, 0.15) is 31.0 Å². The van der Waals surface area contributed by atoms with Gasteiger partial charge < -0.3 is 5.73 Å². The topological polar surface area (TPSA) is 38.9 Å². The molecule has 2 N–H and O–H groups in total. The van der Waals surface area contributed by atoms with Crippen molar-refractivity contribution in [3.8, 4) is 0 Å². The lowest BCUT2D eigenvalue weighted by atomic mass is 10.0. The zero-order chi connectivity index (χ0) is 12.8. The van der Waals surface area contributed by atoms with E-state index in [0.29, 0.717) is 12.5 Å². The molecule has 1 aromatic rings. The highest BCUT2D eigenvalue weighted by Gasteiger charge is 2.57. The summed E-state index contributed by atoms with van der Waals surface area (Å²) in [6.07, 6.45) is -3.05. The molecule has 1 aliphatic rings. The minimum Gasteiger partial charge on any atom is -0.330 e. The number of halogens is 3. The molecule has 1 heterocycles. The van der Waals surface area contributed by atoms with Crippen molar-refractivity contribution in [3.05, 3.63) is 29.6 Å². The van der Waals surface area contributed by atoms with E-state index >= 15 is 0 Å². The highest BCUT2D eigenvalue weighted by Crippen LogP contribution is 2.63. The fourth-order valence-electron chi connectivity index (χ4n) is 2.60. The van der Waals surface area contributed by atoms with Gasteiger partial charge >= 0.3 is 6.18 Å². The Labute approximate surface area is 98.0 Å². The van der Waals surface area contributed by atoms with Crippen LogP contribution in [0.25, 0.3) is 0 Å². The normalized spacial score (nSPS) is 26.9. The first-order valence-corrected chi connectivity index (χ1v) is 5.51. The molecule has 0 aliphatic heterocycles. The van der Waals surface area contributed by atoms with Gasteiger partial charge in [0.15, 0.2) is 0 Å². The van der Waals surface area contributed by atoms with E-state index in [1.165, 1.54) is 12.3 Å². The fraction of sp³-hybridized carbons (Fsp3) is 0.583. The molecule has 1 aromatic heterocycles. The molecule has 0 amide bonds. The first-order valence-electron chi connectivity index (χ1n) is 5.51. The number of pyridine rings is 1. The number of aromatic nitrogens is 1.